The van der Waals surface area contributed by atoms with Gasteiger partial charge in [0.05, 0.1) is 49.6 Å². The molecule has 0 aliphatic heterocycles. The van der Waals surface area contributed by atoms with Crippen LogP contribution in [0, 0.1) is 56.0 Å². The lowest BCUT2D eigenvalue weighted by molar-refractivity contribution is 0.0964. The highest BCUT2D eigenvalue weighted by atomic mass is 32.2. The van der Waals surface area contributed by atoms with Gasteiger partial charge in [-0.25, -0.2) is 57.2 Å². The van der Waals surface area contributed by atoms with Gasteiger partial charge in [0, 0.05) is 60.5 Å². The first-order chi connectivity index (χ1) is 50.1. The van der Waals surface area contributed by atoms with E-state index in [0.717, 1.165) is 0 Å². The summed E-state index contributed by atoms with van der Waals surface area (Å²) in [7, 11) is -12.7. The van der Waals surface area contributed by atoms with E-state index < -0.39 is 65.2 Å². The summed E-state index contributed by atoms with van der Waals surface area (Å²) in [5, 5.41) is -0.846. The second-order valence-corrected chi connectivity index (χ2v) is 30.0. The number of hydrogen-bond donors (Lipinski definition) is 3. The molecule has 0 spiro atoms. The van der Waals surface area contributed by atoms with Crippen LogP contribution in [-0.2, 0) is 30.1 Å². The van der Waals surface area contributed by atoms with Crippen molar-refractivity contribution in [1.82, 2.24) is 44.1 Å². The molecule has 0 aliphatic rings. The Hall–Kier alpha value is -10.9. The summed E-state index contributed by atoms with van der Waals surface area (Å²) >= 11 is 0. The van der Waals surface area contributed by atoms with E-state index in [1.807, 2.05) is 62.6 Å². The molecular formula is C76H96F3N9O15S3. The zero-order valence-electron chi connectivity index (χ0n) is 60.7. The van der Waals surface area contributed by atoms with Crippen molar-refractivity contribution in [2.24, 2.45) is 17.8 Å². The second kappa shape index (κ2) is 37.7. The number of amides is 3. The van der Waals surface area contributed by atoms with Crippen LogP contribution in [0.4, 0.5) is 13.2 Å². The fraction of sp³-hybridized carbons (Fsp3) is 0.303. The molecule has 0 saturated carbocycles. The van der Waals surface area contributed by atoms with Crippen molar-refractivity contribution in [3.05, 3.63) is 209 Å². The number of hydrogen-bond acceptors (Lipinski definition) is 21. The first kappa shape index (κ1) is 82.4. The van der Waals surface area contributed by atoms with Crippen molar-refractivity contribution < 1.29 is 89.8 Å². The maximum Gasteiger partial charge on any atom is 0.281 e. The SMILES string of the molecule is C/C=C/COc1nc(-c2cc(F)cc(OCC(C)C)c2)ccc1C(=O)NS(=O)(=O)c1cccc(C)n1.CCOc1nc(-c2cc(F)cc(OCC(C)C)c2)ccc1C(=O)NS(=O)(=O)c1cccc(C)n1.CC[C@H](C)Oc1nc(-c2cc(F)cc(OCC(C)C)c2)ccc1C(=O)NS(=O)(=O)c1cccc(C)n1.[HH].[HH].[HH].[HH].[HH].[HH]. The third-order valence-corrected chi connectivity index (χ3v) is 18.1. The Morgan fingerprint density at radius 1 is 0.434 bits per heavy atom. The molecule has 106 heavy (non-hydrogen) atoms. The Bertz CT molecular complexity index is 5030. The highest BCUT2D eigenvalue weighted by Crippen LogP contribution is 2.33. The number of carbonyl (C=O) groups is 3. The predicted octanol–water partition coefficient (Wildman–Crippen LogP) is 15.2. The summed E-state index contributed by atoms with van der Waals surface area (Å²) in [4.78, 5) is 63.8. The van der Waals surface area contributed by atoms with Crippen molar-refractivity contribution >= 4 is 47.8 Å². The Morgan fingerprint density at radius 2 is 0.755 bits per heavy atom. The van der Waals surface area contributed by atoms with E-state index in [9.17, 15) is 52.8 Å². The molecule has 574 valence electrons. The van der Waals surface area contributed by atoms with Gasteiger partial charge in [0.1, 0.15) is 58.0 Å². The van der Waals surface area contributed by atoms with E-state index in [0.29, 0.717) is 94.3 Å². The number of sulfonamides is 3. The van der Waals surface area contributed by atoms with Gasteiger partial charge >= 0.3 is 0 Å². The number of nitrogens with one attached hydrogen (secondary N) is 3. The number of aryl methyl sites for hydroxylation is 3. The van der Waals surface area contributed by atoms with Crippen molar-refractivity contribution in [3.63, 3.8) is 0 Å². The third kappa shape index (κ3) is 24.4. The van der Waals surface area contributed by atoms with Crippen molar-refractivity contribution in [2.45, 2.75) is 118 Å². The van der Waals surface area contributed by atoms with E-state index in [1.165, 1.54) is 109 Å². The quantitative estimate of drug-likeness (QED) is 0.0367. The molecule has 0 radical (unpaired) electrons. The monoisotopic (exact) mass is 1530 g/mol. The van der Waals surface area contributed by atoms with Crippen molar-refractivity contribution in [3.8, 4) is 68.7 Å². The fourth-order valence-electron chi connectivity index (χ4n) is 9.13. The number of ether oxygens (including phenoxy) is 6. The minimum Gasteiger partial charge on any atom is -0.493 e. The van der Waals surface area contributed by atoms with Crippen LogP contribution in [0.5, 0.6) is 34.9 Å². The van der Waals surface area contributed by atoms with Gasteiger partial charge in [-0.1, -0.05) is 78.8 Å². The largest absolute Gasteiger partial charge is 0.493 e. The minimum atomic E-state index is -4.23. The normalized spacial score (nSPS) is 11.8. The second-order valence-electron chi connectivity index (χ2n) is 25.1. The molecule has 0 saturated heterocycles. The lowest BCUT2D eigenvalue weighted by Gasteiger charge is -2.16. The summed E-state index contributed by atoms with van der Waals surface area (Å²) in [6.07, 6.45) is 3.75. The van der Waals surface area contributed by atoms with Gasteiger partial charge in [0.2, 0.25) is 17.6 Å². The van der Waals surface area contributed by atoms with E-state index >= 15 is 0 Å². The smallest absolute Gasteiger partial charge is 0.281 e. The molecule has 0 unspecified atom stereocenters. The van der Waals surface area contributed by atoms with Gasteiger partial charge < -0.3 is 28.4 Å². The Kier molecular flexibility index (Phi) is 29.3. The number of halogens is 3. The molecule has 6 aromatic heterocycles. The average molecular weight is 1530 g/mol. The standard InChI is InChI=1S/C26H30FN3O5S.C26H28FN3O5S.C24H26FN3O5S.6H2/c1-6-18(5)35-26-22(25(31)30-36(32,33)24-9-7-8-17(4)28-24)10-11-23(29-26)19-12-20(27)14-21(13-19)34-15-16(2)3;1-5-6-12-34-26-22(25(31)30-36(32,33)24-9-7-8-18(4)28-24)10-11-23(29-26)19-13-20(27)15-21(14-19)35-16-17(2)3;1-5-32-24-20(23(29)28-34(30,31)22-8-6-7-16(4)26-22)9-10-21(27-24)17-11-18(25)13-19(12-17)33-14-15(2)3;;;;;;/h7-14,16,18H,6,15H2,1-5H3,(H,30,31);5-11,13-15,17H,12,16H2,1-4H3,(H,30,31);6-13,15H,5,14H2,1-4H3,(H,28,29);6*1H/b;6-5+;;;;;;;/t18-;;;;;;;;/m0......../s1. The number of benzene rings is 3. The molecule has 0 fully saturated rings. The number of pyridine rings is 6. The summed E-state index contributed by atoms with van der Waals surface area (Å²) < 4.78 is 159. The minimum absolute atomic E-state index is 0. The molecular weight excluding hydrogens is 1430 g/mol. The van der Waals surface area contributed by atoms with Gasteiger partial charge in [-0.2, -0.15) is 25.3 Å². The van der Waals surface area contributed by atoms with Crippen LogP contribution in [0.2, 0.25) is 0 Å². The fourth-order valence-corrected chi connectivity index (χ4v) is 12.1. The van der Waals surface area contributed by atoms with Crippen molar-refractivity contribution in [2.75, 3.05) is 33.0 Å². The lowest BCUT2D eigenvalue weighted by atomic mass is 10.1. The van der Waals surface area contributed by atoms with Crippen LogP contribution in [0.3, 0.4) is 0 Å². The molecule has 9 rings (SSSR count). The molecule has 3 N–H and O–H groups in total. The van der Waals surface area contributed by atoms with E-state index in [2.05, 4.69) is 29.9 Å². The van der Waals surface area contributed by atoms with E-state index in [1.54, 1.807) is 90.1 Å². The Labute approximate surface area is 624 Å². The van der Waals surface area contributed by atoms with Gasteiger partial charge in [0.25, 0.3) is 47.8 Å². The molecule has 9 aromatic rings. The van der Waals surface area contributed by atoms with Crippen LogP contribution in [0.1, 0.15) is 132 Å². The summed E-state index contributed by atoms with van der Waals surface area (Å²) in [6, 6.07) is 34.6. The molecule has 24 nitrogen and oxygen atoms in total. The summed E-state index contributed by atoms with van der Waals surface area (Å²) in [5.41, 5.74) is 3.43. The van der Waals surface area contributed by atoms with Crippen LogP contribution in [-0.4, -0.2) is 112 Å². The maximum absolute atomic E-state index is 14.3. The predicted molar refractivity (Wildman–Crippen MR) is 405 cm³/mol. The van der Waals surface area contributed by atoms with E-state index in [4.69, 9.17) is 28.4 Å². The zero-order chi connectivity index (χ0) is 77.6. The van der Waals surface area contributed by atoms with Crippen molar-refractivity contribution in [1.29, 1.82) is 0 Å². The number of aromatic nitrogens is 6. The first-order valence-corrected chi connectivity index (χ1v) is 38.0. The molecule has 0 aliphatic carbocycles. The lowest BCUT2D eigenvalue weighted by Crippen LogP contribution is -2.32. The number of carbonyl (C=O) groups excluding carboxylic acids is 3. The van der Waals surface area contributed by atoms with Crippen LogP contribution >= 0.6 is 0 Å². The molecule has 3 aromatic carbocycles. The zero-order valence-corrected chi connectivity index (χ0v) is 63.2. The average Bonchev–Trinajstić information content (AvgIpc) is 0.807. The van der Waals surface area contributed by atoms with Crippen LogP contribution in [0.25, 0.3) is 33.8 Å². The van der Waals surface area contributed by atoms with Gasteiger partial charge in [0.15, 0.2) is 15.1 Å². The molecule has 6 heterocycles. The first-order valence-electron chi connectivity index (χ1n) is 33.6. The van der Waals surface area contributed by atoms with Crippen LogP contribution in [0.15, 0.2) is 173 Å². The van der Waals surface area contributed by atoms with Gasteiger partial charge in [-0.15, -0.1) is 0 Å². The highest BCUT2D eigenvalue weighted by Gasteiger charge is 2.28. The molecule has 0 bridgehead atoms. The summed E-state index contributed by atoms with van der Waals surface area (Å²) in [6.45, 7) is 25.5. The van der Waals surface area contributed by atoms with Gasteiger partial charge in [-0.05, 0) is 175 Å². The van der Waals surface area contributed by atoms with Crippen LogP contribution < -0.4 is 42.6 Å². The number of rotatable bonds is 29. The number of allylic oxidation sites excluding steroid dienone is 1. The third-order valence-electron chi connectivity index (χ3n) is 14.4. The molecule has 30 heteroatoms. The topological polar surface area (TPSA) is 322 Å². The van der Waals surface area contributed by atoms with Gasteiger partial charge in [-0.3, -0.25) is 14.4 Å². The number of nitrogens with zero attached hydrogens (tertiary/aromatic N) is 6. The molecule has 1 atom stereocenters. The Morgan fingerprint density at radius 3 is 1.06 bits per heavy atom. The maximum atomic E-state index is 14.3. The summed E-state index contributed by atoms with van der Waals surface area (Å²) in [5.74, 6) is -2.74. The Balaban J connectivity index is 0.000000818. The molecule has 3 amide bonds. The van der Waals surface area contributed by atoms with E-state index in [-0.39, 0.29) is 95.0 Å². The highest BCUT2D eigenvalue weighted by molar-refractivity contribution is 7.90.